The Hall–Kier alpha value is -2.56. The first-order valence-corrected chi connectivity index (χ1v) is 9.23. The number of anilines is 1. The number of benzene rings is 1. The molecule has 2 aliphatic heterocycles. The summed E-state index contributed by atoms with van der Waals surface area (Å²) in [6, 6.07) is 7.75. The fraction of sp³-hybridized carbons (Fsp3) is 0.500. The van der Waals surface area contributed by atoms with Gasteiger partial charge in [0.25, 0.3) is 5.91 Å². The van der Waals surface area contributed by atoms with Crippen LogP contribution in [-0.4, -0.2) is 58.6 Å². The van der Waals surface area contributed by atoms with Crippen LogP contribution in [0, 0.1) is 11.3 Å². The van der Waals surface area contributed by atoms with E-state index in [2.05, 4.69) is 10.2 Å². The van der Waals surface area contributed by atoms with Crippen molar-refractivity contribution < 1.29 is 19.0 Å². The Kier molecular flexibility index (Phi) is 6.69. The van der Waals surface area contributed by atoms with Gasteiger partial charge in [-0.2, -0.15) is 5.26 Å². The molecule has 0 radical (unpaired) electrons. The summed E-state index contributed by atoms with van der Waals surface area (Å²) < 4.78 is 16.4. The zero-order valence-corrected chi connectivity index (χ0v) is 15.6. The summed E-state index contributed by atoms with van der Waals surface area (Å²) in [7, 11) is 1.58. The van der Waals surface area contributed by atoms with Crippen LogP contribution in [0.3, 0.4) is 0 Å². The average molecular weight is 371 g/mol. The number of hydrogen-bond acceptors (Lipinski definition) is 6. The van der Waals surface area contributed by atoms with Gasteiger partial charge in [0, 0.05) is 43.6 Å². The number of nitrogens with one attached hydrogen (secondary N) is 1. The molecule has 2 heterocycles. The number of methoxy groups -OCH3 is 1. The predicted molar refractivity (Wildman–Crippen MR) is 102 cm³/mol. The van der Waals surface area contributed by atoms with Crippen molar-refractivity contribution in [2.45, 2.75) is 18.9 Å². The van der Waals surface area contributed by atoms with Crippen LogP contribution >= 0.6 is 0 Å². The molecule has 1 amide bonds. The standard InChI is InChI=1S/C20H25N3O4/c1-25-19-12-17(23-6-9-26-10-7-23)5-4-15(19)11-16(13-21)20(24)22-14-18-3-2-8-27-18/h4-5,11-12,18H,2-3,6-10,14H2,1H3,(H,22,24)/b16-11+/t18-/m1/s1. The van der Waals surface area contributed by atoms with Crippen LogP contribution in [0.4, 0.5) is 5.69 Å². The predicted octanol–water partition coefficient (Wildman–Crippen LogP) is 1.73. The lowest BCUT2D eigenvalue weighted by Crippen LogP contribution is -2.36. The third-order valence-electron chi connectivity index (χ3n) is 4.77. The Bertz CT molecular complexity index is 729. The maximum atomic E-state index is 12.3. The lowest BCUT2D eigenvalue weighted by Gasteiger charge is -2.29. The highest BCUT2D eigenvalue weighted by atomic mass is 16.5. The summed E-state index contributed by atoms with van der Waals surface area (Å²) in [5.74, 6) is 0.228. The third-order valence-corrected chi connectivity index (χ3v) is 4.77. The lowest BCUT2D eigenvalue weighted by atomic mass is 10.1. The van der Waals surface area contributed by atoms with E-state index >= 15 is 0 Å². The lowest BCUT2D eigenvalue weighted by molar-refractivity contribution is -0.117. The van der Waals surface area contributed by atoms with Crippen molar-refractivity contribution in [1.82, 2.24) is 5.32 Å². The number of hydrogen-bond donors (Lipinski definition) is 1. The molecular weight excluding hydrogens is 346 g/mol. The van der Waals surface area contributed by atoms with Crippen molar-refractivity contribution in [2.75, 3.05) is 51.5 Å². The van der Waals surface area contributed by atoms with Crippen LogP contribution in [0.25, 0.3) is 6.08 Å². The molecule has 0 aliphatic carbocycles. The van der Waals surface area contributed by atoms with Crippen molar-refractivity contribution >= 4 is 17.7 Å². The smallest absolute Gasteiger partial charge is 0.262 e. The maximum Gasteiger partial charge on any atom is 0.262 e. The van der Waals surface area contributed by atoms with E-state index in [-0.39, 0.29) is 11.7 Å². The minimum absolute atomic E-state index is 0.0382. The molecule has 2 aliphatic rings. The molecule has 0 aromatic heterocycles. The Morgan fingerprint density at radius 1 is 1.41 bits per heavy atom. The third kappa shape index (κ3) is 5.00. The van der Waals surface area contributed by atoms with Crippen molar-refractivity contribution in [1.29, 1.82) is 5.26 Å². The number of ether oxygens (including phenoxy) is 3. The highest BCUT2D eigenvalue weighted by Gasteiger charge is 2.18. The minimum Gasteiger partial charge on any atom is -0.496 e. The van der Waals surface area contributed by atoms with Gasteiger partial charge in [0.1, 0.15) is 17.4 Å². The summed E-state index contributed by atoms with van der Waals surface area (Å²) in [6.07, 6.45) is 3.54. The highest BCUT2D eigenvalue weighted by Crippen LogP contribution is 2.28. The van der Waals surface area contributed by atoms with Gasteiger partial charge in [-0.3, -0.25) is 4.79 Å². The Labute approximate surface area is 159 Å². The van der Waals surface area contributed by atoms with Crippen LogP contribution in [0.5, 0.6) is 5.75 Å². The molecule has 3 rings (SSSR count). The summed E-state index contributed by atoms with van der Waals surface area (Å²) in [5.41, 5.74) is 1.78. The monoisotopic (exact) mass is 371 g/mol. The van der Waals surface area contributed by atoms with E-state index in [1.165, 1.54) is 0 Å². The molecule has 0 spiro atoms. The van der Waals surface area contributed by atoms with E-state index < -0.39 is 5.91 Å². The van der Waals surface area contributed by atoms with Gasteiger partial charge in [-0.1, -0.05) is 0 Å². The maximum absolute atomic E-state index is 12.3. The molecule has 144 valence electrons. The number of carbonyl (C=O) groups is 1. The summed E-state index contributed by atoms with van der Waals surface area (Å²) in [5, 5.41) is 12.2. The van der Waals surface area contributed by atoms with Crippen LogP contribution < -0.4 is 15.0 Å². The van der Waals surface area contributed by atoms with E-state index in [0.717, 1.165) is 38.2 Å². The molecule has 0 bridgehead atoms. The van der Waals surface area contributed by atoms with Crippen molar-refractivity contribution in [2.24, 2.45) is 0 Å². The number of amides is 1. The van der Waals surface area contributed by atoms with Crippen molar-refractivity contribution in [3.8, 4) is 11.8 Å². The number of nitrogens with zero attached hydrogens (tertiary/aromatic N) is 2. The first kappa shape index (κ1) is 19.2. The van der Waals surface area contributed by atoms with Gasteiger partial charge in [-0.15, -0.1) is 0 Å². The first-order chi connectivity index (χ1) is 13.2. The van der Waals surface area contributed by atoms with Gasteiger partial charge in [-0.05, 0) is 31.1 Å². The molecule has 0 unspecified atom stereocenters. The Morgan fingerprint density at radius 3 is 2.89 bits per heavy atom. The largest absolute Gasteiger partial charge is 0.496 e. The number of nitriles is 1. The fourth-order valence-corrected chi connectivity index (χ4v) is 3.25. The van der Waals surface area contributed by atoms with Gasteiger partial charge in [0.05, 0.1) is 26.4 Å². The van der Waals surface area contributed by atoms with Gasteiger partial charge < -0.3 is 24.4 Å². The molecule has 7 nitrogen and oxygen atoms in total. The summed E-state index contributed by atoms with van der Waals surface area (Å²) in [4.78, 5) is 14.6. The quantitative estimate of drug-likeness (QED) is 0.606. The van der Waals surface area contributed by atoms with E-state index in [9.17, 15) is 10.1 Å². The second-order valence-corrected chi connectivity index (χ2v) is 6.54. The van der Waals surface area contributed by atoms with Gasteiger partial charge in [-0.25, -0.2) is 0 Å². The van der Waals surface area contributed by atoms with Gasteiger partial charge >= 0.3 is 0 Å². The second kappa shape index (κ2) is 9.40. The van der Waals surface area contributed by atoms with Crippen molar-refractivity contribution in [3.05, 3.63) is 29.3 Å². The topological polar surface area (TPSA) is 83.8 Å². The number of carbonyl (C=O) groups excluding carboxylic acids is 1. The zero-order chi connectivity index (χ0) is 19.1. The van der Waals surface area contributed by atoms with Gasteiger partial charge in [0.15, 0.2) is 0 Å². The van der Waals surface area contributed by atoms with Crippen LogP contribution in [0.1, 0.15) is 18.4 Å². The minimum atomic E-state index is -0.396. The molecule has 1 N–H and O–H groups in total. The molecule has 1 aromatic carbocycles. The number of rotatable bonds is 6. The van der Waals surface area contributed by atoms with Crippen LogP contribution in [-0.2, 0) is 14.3 Å². The van der Waals surface area contributed by atoms with E-state index in [1.807, 2.05) is 24.3 Å². The highest BCUT2D eigenvalue weighted by molar-refractivity contribution is 6.02. The molecule has 7 heteroatoms. The molecule has 2 saturated heterocycles. The molecule has 1 atom stereocenters. The normalized spacial score (nSPS) is 20.2. The SMILES string of the molecule is COc1cc(N2CCOCC2)ccc1/C=C(\C#N)C(=O)NC[C@H]1CCCO1. The molecule has 2 fully saturated rings. The summed E-state index contributed by atoms with van der Waals surface area (Å²) in [6.45, 7) is 4.21. The zero-order valence-electron chi connectivity index (χ0n) is 15.6. The van der Waals surface area contributed by atoms with E-state index in [0.29, 0.717) is 31.1 Å². The van der Waals surface area contributed by atoms with Gasteiger partial charge in [0.2, 0.25) is 0 Å². The first-order valence-electron chi connectivity index (χ1n) is 9.23. The van der Waals surface area contributed by atoms with Crippen LogP contribution in [0.2, 0.25) is 0 Å². The molecule has 27 heavy (non-hydrogen) atoms. The Morgan fingerprint density at radius 2 is 2.22 bits per heavy atom. The molecular formula is C20H25N3O4. The van der Waals surface area contributed by atoms with Crippen molar-refractivity contribution in [3.63, 3.8) is 0 Å². The molecule has 0 saturated carbocycles. The van der Waals surface area contributed by atoms with E-state index in [4.69, 9.17) is 14.2 Å². The summed E-state index contributed by atoms with van der Waals surface area (Å²) >= 11 is 0. The average Bonchev–Trinajstić information content (AvgIpc) is 3.24. The number of morpholine rings is 1. The Balaban J connectivity index is 1.72. The second-order valence-electron chi connectivity index (χ2n) is 6.54. The van der Waals surface area contributed by atoms with Crippen LogP contribution in [0.15, 0.2) is 23.8 Å². The van der Waals surface area contributed by atoms with E-state index in [1.54, 1.807) is 13.2 Å². The molecule has 1 aromatic rings. The fourth-order valence-electron chi connectivity index (χ4n) is 3.25.